The molecule has 3 aliphatic rings. The molecule has 1 amide bonds. The summed E-state index contributed by atoms with van der Waals surface area (Å²) in [4.78, 5) is 30.6. The molecule has 0 spiro atoms. The van der Waals surface area contributed by atoms with E-state index in [4.69, 9.17) is 5.10 Å². The molecular formula is C26H28N6O2. The minimum absolute atomic E-state index is 0.0356. The number of benzene rings is 1. The zero-order chi connectivity index (χ0) is 23.2. The van der Waals surface area contributed by atoms with E-state index in [-0.39, 0.29) is 17.5 Å². The molecule has 2 aliphatic carbocycles. The molecular weight excluding hydrogens is 428 g/mol. The summed E-state index contributed by atoms with van der Waals surface area (Å²) in [5, 5.41) is 18.0. The number of hydrogen-bond donors (Lipinski definition) is 2. The third kappa shape index (κ3) is 3.56. The predicted molar refractivity (Wildman–Crippen MR) is 129 cm³/mol. The van der Waals surface area contributed by atoms with Crippen molar-refractivity contribution in [2.45, 2.75) is 70.0 Å². The molecule has 2 fully saturated rings. The van der Waals surface area contributed by atoms with Crippen molar-refractivity contribution >= 4 is 28.3 Å². The largest absolute Gasteiger partial charge is 0.338 e. The third-order valence-corrected chi connectivity index (χ3v) is 7.63. The van der Waals surface area contributed by atoms with Gasteiger partial charge < -0.3 is 15.2 Å². The third-order valence-electron chi connectivity index (χ3n) is 7.63. The number of fused-ring (bicyclic) bond motifs is 2. The van der Waals surface area contributed by atoms with Gasteiger partial charge in [0.15, 0.2) is 5.82 Å². The molecule has 3 aromatic rings. The standard InChI is InChI=1S/C26H28N6O2/c27-12-10-21(16-6-7-16)32-22-11-13-28-25(33)23(22)24(30-32)29-18-8-9-20-17(14-18)15-31(26(20)34)19-4-2-1-3-5-19/h8-9,11,13-14,16,19,21H,1-7,10,15H2,(H,28,33)(H,29,30)/t21-/m0/s1. The Balaban J connectivity index is 1.32. The summed E-state index contributed by atoms with van der Waals surface area (Å²) < 4.78 is 1.86. The Morgan fingerprint density at radius 2 is 1.97 bits per heavy atom. The van der Waals surface area contributed by atoms with E-state index in [2.05, 4.69) is 16.4 Å². The Kier molecular flexibility index (Phi) is 5.13. The van der Waals surface area contributed by atoms with Crippen LogP contribution in [0.5, 0.6) is 0 Å². The number of amides is 1. The first-order valence-electron chi connectivity index (χ1n) is 12.3. The summed E-state index contributed by atoms with van der Waals surface area (Å²) in [5.74, 6) is 1.03. The quantitative estimate of drug-likeness (QED) is 0.563. The van der Waals surface area contributed by atoms with Gasteiger partial charge in [-0.05, 0) is 61.4 Å². The van der Waals surface area contributed by atoms with E-state index in [1.807, 2.05) is 33.8 Å². The topological polar surface area (TPSA) is 107 Å². The highest BCUT2D eigenvalue weighted by Gasteiger charge is 2.35. The van der Waals surface area contributed by atoms with Crippen molar-refractivity contribution in [1.29, 1.82) is 5.26 Å². The number of anilines is 2. The fourth-order valence-corrected chi connectivity index (χ4v) is 5.71. The maximum atomic E-state index is 13.0. The van der Waals surface area contributed by atoms with Crippen molar-refractivity contribution in [2.75, 3.05) is 5.32 Å². The lowest BCUT2D eigenvalue weighted by atomic mass is 9.94. The molecule has 2 aromatic heterocycles. The monoisotopic (exact) mass is 456 g/mol. The SMILES string of the molecule is N#CC[C@@H](C1CC1)n1nc(Nc2ccc3c(c2)CN(C2CCCCC2)C3=O)c2c(=O)[nH]ccc21. The maximum absolute atomic E-state index is 13.0. The summed E-state index contributed by atoms with van der Waals surface area (Å²) in [7, 11) is 0. The van der Waals surface area contributed by atoms with Crippen LogP contribution in [-0.2, 0) is 6.54 Å². The molecule has 0 radical (unpaired) electrons. The van der Waals surface area contributed by atoms with E-state index in [0.717, 1.165) is 48.0 Å². The molecule has 6 rings (SSSR count). The number of H-pyrrole nitrogens is 1. The number of nitriles is 1. The van der Waals surface area contributed by atoms with Gasteiger partial charge in [0.1, 0.15) is 5.39 Å². The number of pyridine rings is 1. The zero-order valence-electron chi connectivity index (χ0n) is 19.1. The first-order valence-corrected chi connectivity index (χ1v) is 12.3. The number of nitrogens with one attached hydrogen (secondary N) is 2. The Hall–Kier alpha value is -3.60. The lowest BCUT2D eigenvalue weighted by Crippen LogP contribution is -2.36. The van der Waals surface area contributed by atoms with Crippen molar-refractivity contribution in [3.8, 4) is 6.07 Å². The second-order valence-electron chi connectivity index (χ2n) is 9.85. The van der Waals surface area contributed by atoms with Crippen molar-refractivity contribution in [1.82, 2.24) is 19.7 Å². The first-order chi connectivity index (χ1) is 16.6. The minimum Gasteiger partial charge on any atom is -0.338 e. The molecule has 1 atom stereocenters. The summed E-state index contributed by atoms with van der Waals surface area (Å²) in [6.07, 6.45) is 9.96. The van der Waals surface area contributed by atoms with Gasteiger partial charge in [-0.25, -0.2) is 0 Å². The number of carbonyl (C=O) groups is 1. The van der Waals surface area contributed by atoms with Crippen LogP contribution in [0.25, 0.3) is 10.9 Å². The second kappa shape index (κ2) is 8.32. The smallest absolute Gasteiger partial charge is 0.261 e. The Morgan fingerprint density at radius 3 is 2.74 bits per heavy atom. The van der Waals surface area contributed by atoms with Crippen LogP contribution in [0.2, 0.25) is 0 Å². The number of rotatable bonds is 6. The normalized spacial score (nSPS) is 19.3. The summed E-state index contributed by atoms with van der Waals surface area (Å²) in [5.41, 5.74) is 3.11. The Morgan fingerprint density at radius 1 is 1.15 bits per heavy atom. The lowest BCUT2D eigenvalue weighted by Gasteiger charge is -2.30. The fourth-order valence-electron chi connectivity index (χ4n) is 5.71. The van der Waals surface area contributed by atoms with E-state index in [0.29, 0.717) is 36.1 Å². The summed E-state index contributed by atoms with van der Waals surface area (Å²) in [6.45, 7) is 0.635. The second-order valence-corrected chi connectivity index (χ2v) is 9.85. The van der Waals surface area contributed by atoms with Crippen LogP contribution >= 0.6 is 0 Å². The average molecular weight is 457 g/mol. The van der Waals surface area contributed by atoms with Crippen LogP contribution < -0.4 is 10.9 Å². The number of aromatic amines is 1. The number of hydrogen-bond acceptors (Lipinski definition) is 5. The van der Waals surface area contributed by atoms with Crippen LogP contribution in [0.1, 0.15) is 73.3 Å². The van der Waals surface area contributed by atoms with Crippen molar-refractivity contribution in [3.63, 3.8) is 0 Å². The van der Waals surface area contributed by atoms with E-state index >= 15 is 0 Å². The maximum Gasteiger partial charge on any atom is 0.261 e. The molecule has 1 aromatic carbocycles. The highest BCUT2D eigenvalue weighted by molar-refractivity contribution is 5.99. The van der Waals surface area contributed by atoms with Crippen LogP contribution in [0.15, 0.2) is 35.3 Å². The molecule has 2 saturated carbocycles. The van der Waals surface area contributed by atoms with Gasteiger partial charge in [-0.2, -0.15) is 10.4 Å². The fraction of sp³-hybridized carbons (Fsp3) is 0.462. The van der Waals surface area contributed by atoms with Crippen LogP contribution in [-0.4, -0.2) is 31.6 Å². The number of aromatic nitrogens is 3. The molecule has 0 unspecified atom stereocenters. The number of nitrogens with zero attached hydrogens (tertiary/aromatic N) is 4. The summed E-state index contributed by atoms with van der Waals surface area (Å²) in [6, 6.07) is 10.2. The zero-order valence-corrected chi connectivity index (χ0v) is 19.1. The van der Waals surface area contributed by atoms with Gasteiger partial charge in [-0.1, -0.05) is 19.3 Å². The number of carbonyl (C=O) groups excluding carboxylic acids is 1. The Labute approximate surface area is 197 Å². The van der Waals surface area contributed by atoms with Crippen LogP contribution in [0.4, 0.5) is 11.5 Å². The molecule has 34 heavy (non-hydrogen) atoms. The molecule has 0 saturated heterocycles. The first kappa shape index (κ1) is 21.0. The predicted octanol–water partition coefficient (Wildman–Crippen LogP) is 4.62. The van der Waals surface area contributed by atoms with Gasteiger partial charge in [0.25, 0.3) is 11.5 Å². The van der Waals surface area contributed by atoms with E-state index in [9.17, 15) is 14.9 Å². The highest BCUT2D eigenvalue weighted by Crippen LogP contribution is 2.43. The van der Waals surface area contributed by atoms with Gasteiger partial charge >= 0.3 is 0 Å². The van der Waals surface area contributed by atoms with Gasteiger partial charge in [-0.15, -0.1) is 0 Å². The van der Waals surface area contributed by atoms with Gasteiger partial charge in [-0.3, -0.25) is 14.3 Å². The molecule has 3 heterocycles. The van der Waals surface area contributed by atoms with Gasteiger partial charge in [0.05, 0.1) is 24.0 Å². The van der Waals surface area contributed by atoms with Gasteiger partial charge in [0.2, 0.25) is 0 Å². The van der Waals surface area contributed by atoms with Crippen LogP contribution in [0.3, 0.4) is 0 Å². The van der Waals surface area contributed by atoms with E-state index in [1.165, 1.54) is 19.3 Å². The molecule has 8 nitrogen and oxygen atoms in total. The van der Waals surface area contributed by atoms with E-state index in [1.54, 1.807) is 6.20 Å². The molecule has 1 aliphatic heterocycles. The highest BCUT2D eigenvalue weighted by atomic mass is 16.2. The van der Waals surface area contributed by atoms with Crippen molar-refractivity contribution < 1.29 is 4.79 Å². The lowest BCUT2D eigenvalue weighted by molar-refractivity contribution is 0.0660. The molecule has 0 bridgehead atoms. The van der Waals surface area contributed by atoms with Crippen LogP contribution in [0, 0.1) is 17.2 Å². The summed E-state index contributed by atoms with van der Waals surface area (Å²) >= 11 is 0. The van der Waals surface area contributed by atoms with E-state index < -0.39 is 0 Å². The van der Waals surface area contributed by atoms with Crippen molar-refractivity contribution in [3.05, 3.63) is 51.9 Å². The molecule has 174 valence electrons. The Bertz CT molecular complexity index is 1360. The minimum atomic E-state index is -0.211. The molecule has 2 N–H and O–H groups in total. The molecule has 8 heteroatoms. The van der Waals surface area contributed by atoms with Crippen molar-refractivity contribution in [2.24, 2.45) is 5.92 Å². The average Bonchev–Trinajstić information content (AvgIpc) is 3.56. The van der Waals surface area contributed by atoms with Gasteiger partial charge in [0, 0.05) is 30.0 Å².